The molecule has 11 heteroatoms. The molecule has 0 fully saturated rings. The highest BCUT2D eigenvalue weighted by Gasteiger charge is 2.42. The number of ether oxygens (including phenoxy) is 1. The molecule has 1 aromatic carbocycles. The van der Waals surface area contributed by atoms with Gasteiger partial charge in [0.15, 0.2) is 0 Å². The first-order chi connectivity index (χ1) is 15.2. The normalized spacial score (nSPS) is 13.2. The number of halogens is 3. The Kier molecular flexibility index (Phi) is 5.39. The van der Waals surface area contributed by atoms with E-state index in [2.05, 4.69) is 20.0 Å². The first kappa shape index (κ1) is 21.1. The molecule has 2 aromatic heterocycles. The van der Waals surface area contributed by atoms with E-state index < -0.39 is 18.2 Å². The van der Waals surface area contributed by atoms with Gasteiger partial charge < -0.3 is 15.0 Å². The molecule has 3 heterocycles. The van der Waals surface area contributed by atoms with Crippen LogP contribution in [-0.2, 0) is 16.0 Å². The number of H-pyrrole nitrogens is 1. The SMILES string of the molecule is O=C(Nc1ccc(-c2cc(-c3cc4c([nH]3)CCNC4=O)ccn2)cc1)OC(=O)C(F)(F)F. The Bertz CT molecular complexity index is 1200. The molecule has 0 radical (unpaired) electrons. The van der Waals surface area contributed by atoms with Gasteiger partial charge in [-0.3, -0.25) is 15.1 Å². The predicted octanol–water partition coefficient (Wildman–Crippen LogP) is 3.67. The van der Waals surface area contributed by atoms with E-state index in [4.69, 9.17) is 0 Å². The minimum Gasteiger partial charge on any atom is -0.369 e. The van der Waals surface area contributed by atoms with Gasteiger partial charge in [0.25, 0.3) is 5.91 Å². The second-order valence-corrected chi connectivity index (χ2v) is 6.89. The van der Waals surface area contributed by atoms with E-state index in [9.17, 15) is 27.6 Å². The van der Waals surface area contributed by atoms with Gasteiger partial charge in [-0.2, -0.15) is 13.2 Å². The molecule has 3 aromatic rings. The van der Waals surface area contributed by atoms with Gasteiger partial charge in [0.1, 0.15) is 0 Å². The van der Waals surface area contributed by atoms with Gasteiger partial charge in [0.2, 0.25) is 0 Å². The molecule has 0 atom stereocenters. The Balaban J connectivity index is 1.49. The fraction of sp³-hybridized carbons (Fsp3) is 0.143. The topological polar surface area (TPSA) is 113 Å². The van der Waals surface area contributed by atoms with Crippen molar-refractivity contribution >= 4 is 23.7 Å². The molecule has 1 aliphatic heterocycles. The van der Waals surface area contributed by atoms with Crippen molar-refractivity contribution in [2.24, 2.45) is 0 Å². The van der Waals surface area contributed by atoms with Crippen molar-refractivity contribution in [1.29, 1.82) is 0 Å². The molecule has 0 saturated heterocycles. The van der Waals surface area contributed by atoms with Crippen molar-refractivity contribution in [2.75, 3.05) is 11.9 Å². The summed E-state index contributed by atoms with van der Waals surface area (Å²) in [6.07, 6.45) is -4.48. The zero-order valence-corrected chi connectivity index (χ0v) is 16.2. The number of nitrogens with zero attached hydrogens (tertiary/aromatic N) is 1. The lowest BCUT2D eigenvalue weighted by Gasteiger charge is -2.11. The molecule has 8 nitrogen and oxygen atoms in total. The van der Waals surface area contributed by atoms with Crippen LogP contribution < -0.4 is 10.6 Å². The third-order valence-corrected chi connectivity index (χ3v) is 4.72. The van der Waals surface area contributed by atoms with Crippen molar-refractivity contribution in [3.8, 4) is 22.5 Å². The van der Waals surface area contributed by atoms with Crippen LogP contribution in [0.25, 0.3) is 22.5 Å². The standard InChI is InChI=1S/C21H15F3N4O4/c22-21(23,24)19(30)32-20(31)27-13-3-1-11(2-4-13)16-9-12(5-7-25-16)17-10-14-15(28-17)6-8-26-18(14)29/h1-5,7,9-10,28H,6,8H2,(H,26,29)(H,27,31). The number of aromatic amines is 1. The number of rotatable bonds is 3. The fourth-order valence-electron chi connectivity index (χ4n) is 3.21. The van der Waals surface area contributed by atoms with E-state index in [1.807, 2.05) is 11.4 Å². The number of carbonyl (C=O) groups excluding carboxylic acids is 3. The number of carbonyl (C=O) groups is 3. The van der Waals surface area contributed by atoms with Crippen molar-refractivity contribution < 1.29 is 32.3 Å². The zero-order chi connectivity index (χ0) is 22.9. The highest BCUT2D eigenvalue weighted by molar-refractivity contribution is 5.98. The monoisotopic (exact) mass is 444 g/mol. The van der Waals surface area contributed by atoms with Crippen LogP contribution in [-0.4, -0.2) is 40.7 Å². The van der Waals surface area contributed by atoms with E-state index in [0.29, 0.717) is 29.8 Å². The quantitative estimate of drug-likeness (QED) is 0.422. The molecule has 2 amide bonds. The molecule has 164 valence electrons. The summed E-state index contributed by atoms with van der Waals surface area (Å²) < 4.78 is 40.1. The number of hydrogen-bond acceptors (Lipinski definition) is 5. The van der Waals surface area contributed by atoms with Gasteiger partial charge in [-0.25, -0.2) is 9.59 Å². The van der Waals surface area contributed by atoms with E-state index in [-0.39, 0.29) is 11.6 Å². The van der Waals surface area contributed by atoms with Crippen LogP contribution in [0.2, 0.25) is 0 Å². The highest BCUT2D eigenvalue weighted by Crippen LogP contribution is 2.28. The molecule has 0 aliphatic carbocycles. The van der Waals surface area contributed by atoms with Crippen LogP contribution in [0.15, 0.2) is 48.7 Å². The van der Waals surface area contributed by atoms with Crippen LogP contribution in [0.3, 0.4) is 0 Å². The lowest BCUT2D eigenvalue weighted by atomic mass is 10.1. The first-order valence-electron chi connectivity index (χ1n) is 9.37. The van der Waals surface area contributed by atoms with Gasteiger partial charge in [-0.1, -0.05) is 12.1 Å². The van der Waals surface area contributed by atoms with Crippen molar-refractivity contribution in [1.82, 2.24) is 15.3 Å². The minimum atomic E-state index is -5.26. The third kappa shape index (κ3) is 4.46. The smallest absolute Gasteiger partial charge is 0.369 e. The van der Waals surface area contributed by atoms with E-state index in [1.54, 1.807) is 30.5 Å². The summed E-state index contributed by atoms with van der Waals surface area (Å²) in [5.41, 5.74) is 4.46. The minimum absolute atomic E-state index is 0.124. The fourth-order valence-corrected chi connectivity index (χ4v) is 3.21. The van der Waals surface area contributed by atoms with Crippen molar-refractivity contribution in [3.05, 3.63) is 59.9 Å². The molecule has 4 rings (SSSR count). The molecule has 1 aliphatic rings. The Hall–Kier alpha value is -4.15. The number of fused-ring (bicyclic) bond motifs is 1. The van der Waals surface area contributed by atoms with Crippen molar-refractivity contribution in [2.45, 2.75) is 12.6 Å². The summed E-state index contributed by atoms with van der Waals surface area (Å²) in [4.78, 5) is 41.7. The molecule has 0 saturated carbocycles. The number of pyridine rings is 1. The Morgan fingerprint density at radius 3 is 2.50 bits per heavy atom. The van der Waals surface area contributed by atoms with Crippen LogP contribution in [0.1, 0.15) is 16.1 Å². The lowest BCUT2D eigenvalue weighted by Crippen LogP contribution is -2.31. The molecule has 32 heavy (non-hydrogen) atoms. The highest BCUT2D eigenvalue weighted by atomic mass is 19.4. The maximum atomic E-state index is 12.1. The average Bonchev–Trinajstić information content (AvgIpc) is 3.19. The number of amides is 2. The maximum absolute atomic E-state index is 12.1. The lowest BCUT2D eigenvalue weighted by molar-refractivity contribution is -0.192. The van der Waals surface area contributed by atoms with E-state index in [0.717, 1.165) is 17.0 Å². The Morgan fingerprint density at radius 1 is 1.06 bits per heavy atom. The largest absolute Gasteiger partial charge is 0.491 e. The van der Waals surface area contributed by atoms with Gasteiger partial charge in [-0.15, -0.1) is 0 Å². The summed E-state index contributed by atoms with van der Waals surface area (Å²) in [6, 6.07) is 11.4. The molecule has 0 spiro atoms. The maximum Gasteiger partial charge on any atom is 0.491 e. The summed E-state index contributed by atoms with van der Waals surface area (Å²) in [5.74, 6) is -2.72. The number of hydrogen-bond donors (Lipinski definition) is 3. The van der Waals surface area contributed by atoms with Gasteiger partial charge in [-0.05, 0) is 30.3 Å². The summed E-state index contributed by atoms with van der Waals surface area (Å²) in [7, 11) is 0. The second kappa shape index (κ2) is 8.17. The molecule has 3 N–H and O–H groups in total. The number of nitrogens with one attached hydrogen (secondary N) is 3. The average molecular weight is 444 g/mol. The zero-order valence-electron chi connectivity index (χ0n) is 16.2. The predicted molar refractivity (Wildman–Crippen MR) is 107 cm³/mol. The van der Waals surface area contributed by atoms with Crippen LogP contribution >= 0.6 is 0 Å². The summed E-state index contributed by atoms with van der Waals surface area (Å²) >= 11 is 0. The number of esters is 1. The van der Waals surface area contributed by atoms with E-state index in [1.165, 1.54) is 12.1 Å². The van der Waals surface area contributed by atoms with Gasteiger partial charge in [0, 0.05) is 47.4 Å². The Morgan fingerprint density at radius 2 is 1.81 bits per heavy atom. The number of alkyl halides is 3. The number of benzene rings is 1. The van der Waals surface area contributed by atoms with Crippen LogP contribution in [0, 0.1) is 0 Å². The van der Waals surface area contributed by atoms with Crippen LogP contribution in [0.5, 0.6) is 0 Å². The van der Waals surface area contributed by atoms with Crippen LogP contribution in [0.4, 0.5) is 23.7 Å². The molecule has 0 bridgehead atoms. The summed E-state index contributed by atoms with van der Waals surface area (Å²) in [6.45, 7) is 0.575. The van der Waals surface area contributed by atoms with Crippen molar-refractivity contribution in [3.63, 3.8) is 0 Å². The third-order valence-electron chi connectivity index (χ3n) is 4.72. The number of aromatic nitrogens is 2. The summed E-state index contributed by atoms with van der Waals surface area (Å²) in [5, 5.41) is 4.84. The first-order valence-corrected chi connectivity index (χ1v) is 9.37. The van der Waals surface area contributed by atoms with E-state index >= 15 is 0 Å². The molecular weight excluding hydrogens is 429 g/mol. The van der Waals surface area contributed by atoms with Gasteiger partial charge in [0.05, 0.1) is 11.3 Å². The second-order valence-electron chi connectivity index (χ2n) is 6.89. The number of anilines is 1. The molecular formula is C21H15F3N4O4. The molecule has 0 unspecified atom stereocenters. The Labute approximate surface area is 178 Å². The van der Waals surface area contributed by atoms with Gasteiger partial charge >= 0.3 is 18.2 Å².